The van der Waals surface area contributed by atoms with Gasteiger partial charge in [0.15, 0.2) is 0 Å². The lowest BCUT2D eigenvalue weighted by molar-refractivity contribution is 0.108. The van der Waals surface area contributed by atoms with Crippen LogP contribution in [0.15, 0.2) is 12.2 Å². The zero-order valence-electron chi connectivity index (χ0n) is 6.61. The van der Waals surface area contributed by atoms with Gasteiger partial charge < -0.3 is 5.11 Å². The van der Waals surface area contributed by atoms with Gasteiger partial charge in [-0.1, -0.05) is 12.2 Å². The predicted molar refractivity (Wildman–Crippen MR) is 43.0 cm³/mol. The molecule has 60 valence electrons. The van der Waals surface area contributed by atoms with Crippen molar-refractivity contribution in [2.24, 2.45) is 23.7 Å². The summed E-state index contributed by atoms with van der Waals surface area (Å²) in [6, 6.07) is 0. The van der Waals surface area contributed by atoms with Crippen LogP contribution in [0.1, 0.15) is 19.3 Å². The number of hydrogen-bond acceptors (Lipinski definition) is 1. The van der Waals surface area contributed by atoms with Crippen molar-refractivity contribution in [3.63, 3.8) is 0 Å². The molecular formula is C10H14O. The van der Waals surface area contributed by atoms with Crippen LogP contribution in [-0.4, -0.2) is 11.2 Å². The quantitative estimate of drug-likeness (QED) is 0.520. The van der Waals surface area contributed by atoms with E-state index in [-0.39, 0.29) is 6.10 Å². The van der Waals surface area contributed by atoms with Gasteiger partial charge in [0.1, 0.15) is 0 Å². The fourth-order valence-corrected chi connectivity index (χ4v) is 3.50. The Bertz CT molecular complexity index is 209. The van der Waals surface area contributed by atoms with Gasteiger partial charge in [-0.15, -0.1) is 0 Å². The largest absolute Gasteiger partial charge is 0.393 e. The standard InChI is InChI=1S/C10H14O/c11-9-4-3-8-6-1-2-7(5-6)10(8)9/h1-2,6-11H,3-5H2/t6-,7+,8-,9-,10+/m1/s1. The van der Waals surface area contributed by atoms with E-state index in [1.54, 1.807) is 0 Å². The first-order valence-electron chi connectivity index (χ1n) is 4.72. The SMILES string of the molecule is O[C@@H]1CC[C@H]2[C@@H]1[C@H]1C=C[C@@H]2C1. The summed E-state index contributed by atoms with van der Waals surface area (Å²) in [4.78, 5) is 0. The highest BCUT2D eigenvalue weighted by Gasteiger charge is 2.50. The molecule has 0 aromatic rings. The molecule has 1 nitrogen and oxygen atoms in total. The Hall–Kier alpha value is -0.300. The van der Waals surface area contributed by atoms with E-state index in [2.05, 4.69) is 12.2 Å². The second kappa shape index (κ2) is 1.89. The summed E-state index contributed by atoms with van der Waals surface area (Å²) < 4.78 is 0. The molecular weight excluding hydrogens is 136 g/mol. The molecule has 2 saturated carbocycles. The van der Waals surface area contributed by atoms with Crippen LogP contribution in [0.5, 0.6) is 0 Å². The molecule has 0 saturated heterocycles. The molecule has 1 heteroatoms. The maximum atomic E-state index is 9.69. The number of rotatable bonds is 0. The lowest BCUT2D eigenvalue weighted by atomic mass is 9.85. The van der Waals surface area contributed by atoms with Crippen LogP contribution >= 0.6 is 0 Å². The lowest BCUT2D eigenvalue weighted by Gasteiger charge is -2.22. The summed E-state index contributed by atoms with van der Waals surface area (Å²) in [5, 5.41) is 9.69. The second-order valence-corrected chi connectivity index (χ2v) is 4.33. The molecule has 3 aliphatic carbocycles. The summed E-state index contributed by atoms with van der Waals surface area (Å²) in [5.74, 6) is 3.06. The molecule has 2 fully saturated rings. The van der Waals surface area contributed by atoms with E-state index in [1.165, 1.54) is 12.8 Å². The minimum atomic E-state index is 0.0277. The van der Waals surface area contributed by atoms with E-state index < -0.39 is 0 Å². The summed E-state index contributed by atoms with van der Waals surface area (Å²) in [6.07, 6.45) is 8.41. The highest BCUT2D eigenvalue weighted by molar-refractivity contribution is 5.16. The first-order chi connectivity index (χ1) is 5.36. The third-order valence-corrected chi connectivity index (χ3v) is 3.93. The van der Waals surface area contributed by atoms with Gasteiger partial charge in [0, 0.05) is 0 Å². The van der Waals surface area contributed by atoms with Crippen molar-refractivity contribution in [2.75, 3.05) is 0 Å². The Kier molecular flexibility index (Phi) is 1.07. The van der Waals surface area contributed by atoms with Crippen LogP contribution < -0.4 is 0 Å². The Morgan fingerprint density at radius 1 is 1.09 bits per heavy atom. The normalized spacial score (nSPS) is 58.8. The zero-order chi connectivity index (χ0) is 7.42. The fraction of sp³-hybridized carbons (Fsp3) is 0.800. The highest BCUT2D eigenvalue weighted by atomic mass is 16.3. The minimum absolute atomic E-state index is 0.0277. The van der Waals surface area contributed by atoms with Crippen LogP contribution in [0, 0.1) is 23.7 Å². The van der Waals surface area contributed by atoms with Crippen LogP contribution in [0.25, 0.3) is 0 Å². The molecule has 11 heavy (non-hydrogen) atoms. The molecule has 0 radical (unpaired) electrons. The maximum Gasteiger partial charge on any atom is 0.0577 e. The molecule has 0 aromatic carbocycles. The van der Waals surface area contributed by atoms with E-state index in [0.29, 0.717) is 5.92 Å². The van der Waals surface area contributed by atoms with E-state index in [4.69, 9.17) is 0 Å². The van der Waals surface area contributed by atoms with E-state index in [9.17, 15) is 5.11 Å². The number of aliphatic hydroxyl groups excluding tert-OH is 1. The summed E-state index contributed by atoms with van der Waals surface area (Å²) in [7, 11) is 0. The molecule has 1 N–H and O–H groups in total. The maximum absolute atomic E-state index is 9.69. The van der Waals surface area contributed by atoms with Crippen molar-refractivity contribution in [3.05, 3.63) is 12.2 Å². The average Bonchev–Trinajstić information content (AvgIpc) is 2.60. The van der Waals surface area contributed by atoms with E-state index >= 15 is 0 Å². The van der Waals surface area contributed by atoms with Gasteiger partial charge in [0.25, 0.3) is 0 Å². The van der Waals surface area contributed by atoms with Crippen molar-refractivity contribution in [2.45, 2.75) is 25.4 Å². The van der Waals surface area contributed by atoms with Gasteiger partial charge in [-0.05, 0) is 42.9 Å². The highest BCUT2D eigenvalue weighted by Crippen LogP contribution is 2.55. The fourth-order valence-electron chi connectivity index (χ4n) is 3.50. The molecule has 0 amide bonds. The molecule has 0 spiro atoms. The number of aliphatic hydroxyl groups is 1. The Balaban J connectivity index is 1.97. The van der Waals surface area contributed by atoms with Gasteiger partial charge in [0.2, 0.25) is 0 Å². The molecule has 3 rings (SSSR count). The summed E-state index contributed by atoms with van der Waals surface area (Å²) >= 11 is 0. The Morgan fingerprint density at radius 2 is 1.91 bits per heavy atom. The van der Waals surface area contributed by atoms with Crippen LogP contribution in [0.2, 0.25) is 0 Å². The van der Waals surface area contributed by atoms with Crippen LogP contribution in [-0.2, 0) is 0 Å². The second-order valence-electron chi connectivity index (χ2n) is 4.33. The molecule has 0 heterocycles. The van der Waals surface area contributed by atoms with Gasteiger partial charge in [0.05, 0.1) is 6.10 Å². The van der Waals surface area contributed by atoms with Gasteiger partial charge in [-0.25, -0.2) is 0 Å². The van der Waals surface area contributed by atoms with Crippen molar-refractivity contribution >= 4 is 0 Å². The summed E-state index contributed by atoms with van der Waals surface area (Å²) in [5.41, 5.74) is 0. The zero-order valence-corrected chi connectivity index (χ0v) is 6.61. The van der Waals surface area contributed by atoms with E-state index in [0.717, 1.165) is 24.2 Å². The smallest absolute Gasteiger partial charge is 0.0577 e. The first kappa shape index (κ1) is 6.24. The molecule has 2 bridgehead atoms. The first-order valence-corrected chi connectivity index (χ1v) is 4.72. The average molecular weight is 150 g/mol. The molecule has 3 aliphatic rings. The third-order valence-electron chi connectivity index (χ3n) is 3.93. The molecule has 0 unspecified atom stereocenters. The van der Waals surface area contributed by atoms with Crippen molar-refractivity contribution in [1.29, 1.82) is 0 Å². The topological polar surface area (TPSA) is 20.2 Å². The third kappa shape index (κ3) is 0.652. The predicted octanol–water partition coefficient (Wildman–Crippen LogP) is 1.58. The summed E-state index contributed by atoms with van der Waals surface area (Å²) in [6.45, 7) is 0. The molecule has 5 atom stereocenters. The van der Waals surface area contributed by atoms with Crippen molar-refractivity contribution in [3.8, 4) is 0 Å². The van der Waals surface area contributed by atoms with E-state index in [1.807, 2.05) is 0 Å². The monoisotopic (exact) mass is 150 g/mol. The van der Waals surface area contributed by atoms with Crippen LogP contribution in [0.4, 0.5) is 0 Å². The minimum Gasteiger partial charge on any atom is -0.393 e. The van der Waals surface area contributed by atoms with Crippen molar-refractivity contribution in [1.82, 2.24) is 0 Å². The number of hydrogen-bond donors (Lipinski definition) is 1. The Morgan fingerprint density at radius 3 is 2.73 bits per heavy atom. The lowest BCUT2D eigenvalue weighted by Crippen LogP contribution is -2.22. The molecule has 0 aliphatic heterocycles. The number of fused-ring (bicyclic) bond motifs is 5. The van der Waals surface area contributed by atoms with Crippen LogP contribution in [0.3, 0.4) is 0 Å². The number of allylic oxidation sites excluding steroid dienone is 2. The molecule has 0 aromatic heterocycles. The van der Waals surface area contributed by atoms with Gasteiger partial charge in [-0.2, -0.15) is 0 Å². The van der Waals surface area contributed by atoms with Crippen molar-refractivity contribution < 1.29 is 5.11 Å². The van der Waals surface area contributed by atoms with Gasteiger partial charge >= 0.3 is 0 Å². The Labute approximate surface area is 67.1 Å². The van der Waals surface area contributed by atoms with Gasteiger partial charge in [-0.3, -0.25) is 0 Å².